The van der Waals surface area contributed by atoms with E-state index in [2.05, 4.69) is 35.6 Å². The van der Waals surface area contributed by atoms with Gasteiger partial charge in [-0.1, -0.05) is 24.6 Å². The van der Waals surface area contributed by atoms with E-state index in [0.717, 1.165) is 24.3 Å². The van der Waals surface area contributed by atoms with Crippen molar-refractivity contribution >= 4 is 11.7 Å². The second-order valence-electron chi connectivity index (χ2n) is 6.88. The normalized spacial score (nSPS) is 20.1. The number of hydrogen-bond donors (Lipinski definition) is 2. The van der Waals surface area contributed by atoms with Crippen molar-refractivity contribution in [2.45, 2.75) is 27.2 Å². The Balaban J connectivity index is 1.60. The van der Waals surface area contributed by atoms with Crippen LogP contribution in [-0.4, -0.2) is 35.6 Å². The first kappa shape index (κ1) is 16.5. The summed E-state index contributed by atoms with van der Waals surface area (Å²) in [6.07, 6.45) is 4.44. The van der Waals surface area contributed by atoms with Crippen molar-refractivity contribution in [2.24, 2.45) is 5.41 Å². The molecule has 24 heavy (non-hydrogen) atoms. The van der Waals surface area contributed by atoms with Gasteiger partial charge in [-0.2, -0.15) is 5.10 Å². The summed E-state index contributed by atoms with van der Waals surface area (Å²) in [4.78, 5) is 12.1. The lowest BCUT2D eigenvalue weighted by molar-refractivity contribution is 0.159. The molecule has 1 unspecified atom stereocenters. The Morgan fingerprint density at radius 1 is 1.42 bits per heavy atom. The van der Waals surface area contributed by atoms with Crippen LogP contribution in [0, 0.1) is 19.3 Å². The molecule has 2 amide bonds. The molecule has 2 N–H and O–H groups in total. The van der Waals surface area contributed by atoms with Crippen molar-refractivity contribution < 1.29 is 9.53 Å². The molecule has 0 saturated carbocycles. The van der Waals surface area contributed by atoms with Crippen LogP contribution >= 0.6 is 0 Å². The molecule has 0 aliphatic carbocycles. The number of hydrogen-bond acceptors (Lipinski definition) is 3. The van der Waals surface area contributed by atoms with E-state index in [1.807, 2.05) is 25.3 Å². The van der Waals surface area contributed by atoms with Gasteiger partial charge in [-0.3, -0.25) is 0 Å². The number of anilines is 1. The van der Waals surface area contributed by atoms with Gasteiger partial charge in [-0.15, -0.1) is 0 Å². The molecule has 0 radical (unpaired) electrons. The topological polar surface area (TPSA) is 68.2 Å². The van der Waals surface area contributed by atoms with Crippen LogP contribution in [0.3, 0.4) is 0 Å². The molecule has 0 spiro atoms. The van der Waals surface area contributed by atoms with Crippen molar-refractivity contribution in [3.63, 3.8) is 0 Å². The molecule has 1 saturated heterocycles. The highest BCUT2D eigenvalue weighted by atomic mass is 16.5. The van der Waals surface area contributed by atoms with E-state index < -0.39 is 0 Å². The average Bonchev–Trinajstić information content (AvgIpc) is 3.15. The van der Waals surface area contributed by atoms with Crippen molar-refractivity contribution in [3.8, 4) is 5.69 Å². The molecule has 0 bridgehead atoms. The molecule has 2 heterocycles. The molecule has 1 fully saturated rings. The summed E-state index contributed by atoms with van der Waals surface area (Å²) in [6, 6.07) is 5.97. The van der Waals surface area contributed by atoms with Crippen LogP contribution in [-0.2, 0) is 4.74 Å². The lowest BCUT2D eigenvalue weighted by Crippen LogP contribution is -2.38. The van der Waals surface area contributed by atoms with Gasteiger partial charge in [0.25, 0.3) is 0 Å². The third kappa shape index (κ3) is 3.76. The maximum atomic E-state index is 12.1. The minimum Gasteiger partial charge on any atom is -0.381 e. The number of aromatic nitrogens is 2. The van der Waals surface area contributed by atoms with Crippen LogP contribution in [0.4, 0.5) is 10.5 Å². The molecule has 6 nitrogen and oxygen atoms in total. The second kappa shape index (κ2) is 6.65. The van der Waals surface area contributed by atoms with Gasteiger partial charge in [0.15, 0.2) is 0 Å². The maximum Gasteiger partial charge on any atom is 0.319 e. The number of nitrogens with zero attached hydrogens (tertiary/aromatic N) is 2. The summed E-state index contributed by atoms with van der Waals surface area (Å²) in [7, 11) is 0. The Kier molecular flexibility index (Phi) is 4.57. The van der Waals surface area contributed by atoms with Crippen molar-refractivity contribution in [1.29, 1.82) is 0 Å². The summed E-state index contributed by atoms with van der Waals surface area (Å²) in [5, 5.41) is 10.1. The van der Waals surface area contributed by atoms with Gasteiger partial charge in [0, 0.05) is 18.6 Å². The van der Waals surface area contributed by atoms with Gasteiger partial charge in [0.1, 0.15) is 0 Å². The molecule has 1 aromatic carbocycles. The molecule has 6 heteroatoms. The number of nitrogens with one attached hydrogen (secondary N) is 2. The molecule has 128 valence electrons. The Hall–Kier alpha value is -2.34. The van der Waals surface area contributed by atoms with Crippen LogP contribution in [0.1, 0.15) is 24.5 Å². The molecule has 1 aromatic heterocycles. The molecular weight excluding hydrogens is 304 g/mol. The van der Waals surface area contributed by atoms with E-state index in [9.17, 15) is 4.79 Å². The smallest absolute Gasteiger partial charge is 0.319 e. The standard InChI is InChI=1S/C18H24N4O2/c1-13-4-5-16(14(2)8-13)22-10-15(9-20-22)21-17(23)19-11-18(3)6-7-24-12-18/h4-5,8-10H,6-7,11-12H2,1-3H3,(H2,19,21,23). The van der Waals surface area contributed by atoms with E-state index in [1.54, 1.807) is 10.9 Å². The fraction of sp³-hybridized carbons (Fsp3) is 0.444. The monoisotopic (exact) mass is 328 g/mol. The number of amides is 2. The summed E-state index contributed by atoms with van der Waals surface area (Å²) >= 11 is 0. The lowest BCUT2D eigenvalue weighted by atomic mass is 9.90. The molecular formula is C18H24N4O2. The fourth-order valence-corrected chi connectivity index (χ4v) is 2.90. The Bertz CT molecular complexity index is 732. The van der Waals surface area contributed by atoms with Gasteiger partial charge < -0.3 is 15.4 Å². The zero-order valence-electron chi connectivity index (χ0n) is 14.4. The maximum absolute atomic E-state index is 12.1. The molecule has 3 rings (SSSR count). The third-order valence-corrected chi connectivity index (χ3v) is 4.42. The summed E-state index contributed by atoms with van der Waals surface area (Å²) in [6.45, 7) is 8.30. The van der Waals surface area contributed by atoms with E-state index in [4.69, 9.17) is 4.74 Å². The van der Waals surface area contributed by atoms with Crippen LogP contribution in [0.15, 0.2) is 30.6 Å². The first-order valence-electron chi connectivity index (χ1n) is 8.20. The van der Waals surface area contributed by atoms with E-state index in [1.165, 1.54) is 5.56 Å². The molecule has 2 aromatic rings. The summed E-state index contributed by atoms with van der Waals surface area (Å²) < 4.78 is 7.17. The fourth-order valence-electron chi connectivity index (χ4n) is 2.90. The van der Waals surface area contributed by atoms with Gasteiger partial charge >= 0.3 is 6.03 Å². The number of urea groups is 1. The van der Waals surface area contributed by atoms with Crippen LogP contribution in [0.2, 0.25) is 0 Å². The first-order chi connectivity index (χ1) is 11.5. The number of benzene rings is 1. The predicted octanol–water partition coefficient (Wildman–Crippen LogP) is 3.04. The highest BCUT2D eigenvalue weighted by Crippen LogP contribution is 2.26. The summed E-state index contributed by atoms with van der Waals surface area (Å²) in [5.41, 5.74) is 4.05. The second-order valence-corrected chi connectivity index (χ2v) is 6.88. The van der Waals surface area contributed by atoms with Gasteiger partial charge in [0.2, 0.25) is 0 Å². The molecule has 1 aliphatic heterocycles. The van der Waals surface area contributed by atoms with E-state index in [-0.39, 0.29) is 11.4 Å². The number of carbonyl (C=O) groups excluding carboxylic acids is 1. The number of carbonyl (C=O) groups is 1. The Labute approximate surface area is 142 Å². The third-order valence-electron chi connectivity index (χ3n) is 4.42. The SMILES string of the molecule is Cc1ccc(-n2cc(NC(=O)NCC3(C)CCOC3)cn2)c(C)c1. The van der Waals surface area contributed by atoms with E-state index >= 15 is 0 Å². The lowest BCUT2D eigenvalue weighted by Gasteiger charge is -2.21. The van der Waals surface area contributed by atoms with Crippen molar-refractivity contribution in [3.05, 3.63) is 41.7 Å². The van der Waals surface area contributed by atoms with E-state index in [0.29, 0.717) is 18.8 Å². The van der Waals surface area contributed by atoms with Crippen molar-refractivity contribution in [1.82, 2.24) is 15.1 Å². The van der Waals surface area contributed by atoms with Gasteiger partial charge in [-0.05, 0) is 31.9 Å². The highest BCUT2D eigenvalue weighted by molar-refractivity contribution is 5.88. The zero-order chi connectivity index (χ0) is 17.2. The average molecular weight is 328 g/mol. The number of aryl methyl sites for hydroxylation is 2. The molecule has 1 aliphatic rings. The molecule has 1 atom stereocenters. The van der Waals surface area contributed by atoms with Crippen molar-refractivity contribution in [2.75, 3.05) is 25.1 Å². The quantitative estimate of drug-likeness (QED) is 0.906. The minimum absolute atomic E-state index is 0.0283. The summed E-state index contributed by atoms with van der Waals surface area (Å²) in [5.74, 6) is 0. The Morgan fingerprint density at radius 3 is 2.96 bits per heavy atom. The largest absolute Gasteiger partial charge is 0.381 e. The number of ether oxygens (including phenoxy) is 1. The Morgan fingerprint density at radius 2 is 2.25 bits per heavy atom. The highest BCUT2D eigenvalue weighted by Gasteiger charge is 2.29. The van der Waals surface area contributed by atoms with Crippen LogP contribution in [0.25, 0.3) is 5.69 Å². The number of rotatable bonds is 4. The first-order valence-corrected chi connectivity index (χ1v) is 8.20. The predicted molar refractivity (Wildman–Crippen MR) is 93.6 cm³/mol. The van der Waals surface area contributed by atoms with Gasteiger partial charge in [0.05, 0.1) is 30.4 Å². The van der Waals surface area contributed by atoms with Crippen LogP contribution in [0.5, 0.6) is 0 Å². The zero-order valence-corrected chi connectivity index (χ0v) is 14.4. The van der Waals surface area contributed by atoms with Gasteiger partial charge in [-0.25, -0.2) is 9.48 Å². The minimum atomic E-state index is -0.219. The van der Waals surface area contributed by atoms with Crippen LogP contribution < -0.4 is 10.6 Å².